The minimum atomic E-state index is 0.281. The lowest BCUT2D eigenvalue weighted by atomic mass is 10.1. The van der Waals surface area contributed by atoms with Crippen molar-refractivity contribution in [2.24, 2.45) is 0 Å². The quantitative estimate of drug-likeness (QED) is 0.740. The van der Waals surface area contributed by atoms with Gasteiger partial charge >= 0.3 is 0 Å². The molecule has 0 bridgehead atoms. The summed E-state index contributed by atoms with van der Waals surface area (Å²) in [5.74, 6) is 1.81. The van der Waals surface area contributed by atoms with Gasteiger partial charge in [0.1, 0.15) is 5.75 Å². The smallest absolute Gasteiger partial charge is 0.194 e. The first-order chi connectivity index (χ1) is 8.76. The molecule has 0 amide bonds. The van der Waals surface area contributed by atoms with E-state index in [1.165, 1.54) is 0 Å². The molecule has 0 aliphatic rings. The Bertz CT molecular complexity index is 701. The maximum atomic E-state index is 9.42. The zero-order chi connectivity index (χ0) is 12.5. The summed E-state index contributed by atoms with van der Waals surface area (Å²) in [5.41, 5.74) is 1.00. The van der Waals surface area contributed by atoms with E-state index in [4.69, 9.17) is 4.42 Å². The van der Waals surface area contributed by atoms with Crippen LogP contribution in [0.15, 0.2) is 47.0 Å². The number of aromatic hydroxyl groups is 1. The normalized spacial score (nSPS) is 10.9. The standard InChI is InChI=1S/C15H13NO2/c1-2-15-16-9-14(18-15)12-4-3-11-8-13(17)6-5-10(11)7-12/h3-9,17H,2H2,1H3. The van der Waals surface area contributed by atoms with E-state index in [0.717, 1.165) is 34.4 Å². The minimum Gasteiger partial charge on any atom is -0.508 e. The van der Waals surface area contributed by atoms with Crippen molar-refractivity contribution in [3.05, 3.63) is 48.5 Å². The van der Waals surface area contributed by atoms with Gasteiger partial charge in [0.25, 0.3) is 0 Å². The third kappa shape index (κ3) is 1.84. The second-order valence-electron chi connectivity index (χ2n) is 4.22. The molecule has 0 aliphatic heterocycles. The van der Waals surface area contributed by atoms with Gasteiger partial charge in [0.2, 0.25) is 0 Å². The van der Waals surface area contributed by atoms with Gasteiger partial charge in [-0.05, 0) is 29.0 Å². The van der Waals surface area contributed by atoms with Crippen molar-refractivity contribution in [3.63, 3.8) is 0 Å². The zero-order valence-corrected chi connectivity index (χ0v) is 10.1. The van der Waals surface area contributed by atoms with E-state index in [2.05, 4.69) is 4.98 Å². The maximum absolute atomic E-state index is 9.42. The van der Waals surface area contributed by atoms with Crippen molar-refractivity contribution in [3.8, 4) is 17.1 Å². The lowest BCUT2D eigenvalue weighted by molar-refractivity contribution is 0.476. The van der Waals surface area contributed by atoms with Crippen LogP contribution in [0.2, 0.25) is 0 Å². The fourth-order valence-corrected chi connectivity index (χ4v) is 1.99. The highest BCUT2D eigenvalue weighted by Gasteiger charge is 2.06. The second kappa shape index (κ2) is 4.18. The fourth-order valence-electron chi connectivity index (χ4n) is 1.99. The monoisotopic (exact) mass is 239 g/mol. The lowest BCUT2D eigenvalue weighted by Gasteiger charge is -2.01. The van der Waals surface area contributed by atoms with Crippen molar-refractivity contribution >= 4 is 10.8 Å². The Kier molecular flexibility index (Phi) is 2.52. The molecule has 3 aromatic rings. The maximum Gasteiger partial charge on any atom is 0.194 e. The molecule has 0 aliphatic carbocycles. The first-order valence-corrected chi connectivity index (χ1v) is 5.94. The molecule has 1 N–H and O–H groups in total. The van der Waals surface area contributed by atoms with E-state index in [0.29, 0.717) is 0 Å². The molecule has 1 aromatic heterocycles. The minimum absolute atomic E-state index is 0.281. The molecule has 0 unspecified atom stereocenters. The number of hydrogen-bond acceptors (Lipinski definition) is 3. The zero-order valence-electron chi connectivity index (χ0n) is 10.1. The number of nitrogens with zero attached hydrogens (tertiary/aromatic N) is 1. The SMILES string of the molecule is CCc1ncc(-c2ccc3cc(O)ccc3c2)o1. The molecular formula is C15H13NO2. The van der Waals surface area contributed by atoms with Crippen molar-refractivity contribution in [1.29, 1.82) is 0 Å². The van der Waals surface area contributed by atoms with Crippen LogP contribution >= 0.6 is 0 Å². The van der Waals surface area contributed by atoms with Crippen molar-refractivity contribution < 1.29 is 9.52 Å². The van der Waals surface area contributed by atoms with Gasteiger partial charge < -0.3 is 9.52 Å². The van der Waals surface area contributed by atoms with Crippen LogP contribution in [0.3, 0.4) is 0 Å². The number of phenols is 1. The molecule has 0 saturated carbocycles. The molecule has 2 aromatic carbocycles. The third-order valence-electron chi connectivity index (χ3n) is 2.96. The molecule has 3 nitrogen and oxygen atoms in total. The van der Waals surface area contributed by atoms with Gasteiger partial charge in [0.15, 0.2) is 11.7 Å². The summed E-state index contributed by atoms with van der Waals surface area (Å²) in [6, 6.07) is 11.3. The Morgan fingerprint density at radius 1 is 1.11 bits per heavy atom. The average Bonchev–Trinajstić information content (AvgIpc) is 2.87. The first-order valence-electron chi connectivity index (χ1n) is 5.94. The van der Waals surface area contributed by atoms with E-state index in [1.54, 1.807) is 18.3 Å². The van der Waals surface area contributed by atoms with E-state index in [9.17, 15) is 5.11 Å². The highest BCUT2D eigenvalue weighted by molar-refractivity contribution is 5.87. The van der Waals surface area contributed by atoms with E-state index < -0.39 is 0 Å². The molecule has 0 atom stereocenters. The fraction of sp³-hybridized carbons (Fsp3) is 0.133. The lowest BCUT2D eigenvalue weighted by Crippen LogP contribution is -1.77. The van der Waals surface area contributed by atoms with Gasteiger partial charge in [-0.3, -0.25) is 0 Å². The number of rotatable bonds is 2. The molecule has 3 heteroatoms. The number of phenolic OH excluding ortho intramolecular Hbond substituents is 1. The first kappa shape index (κ1) is 10.8. The van der Waals surface area contributed by atoms with Gasteiger partial charge in [-0.2, -0.15) is 0 Å². The van der Waals surface area contributed by atoms with E-state index >= 15 is 0 Å². The summed E-state index contributed by atoms with van der Waals surface area (Å²) in [4.78, 5) is 4.20. The molecule has 0 fully saturated rings. The second-order valence-corrected chi connectivity index (χ2v) is 4.22. The Morgan fingerprint density at radius 2 is 1.89 bits per heavy atom. The van der Waals surface area contributed by atoms with E-state index in [-0.39, 0.29) is 5.75 Å². The average molecular weight is 239 g/mol. The molecule has 18 heavy (non-hydrogen) atoms. The molecule has 0 spiro atoms. The van der Waals surface area contributed by atoms with Gasteiger partial charge in [-0.1, -0.05) is 25.1 Å². The van der Waals surface area contributed by atoms with Crippen molar-refractivity contribution in [2.75, 3.05) is 0 Å². The molecule has 0 radical (unpaired) electrons. The Labute approximate surface area is 105 Å². The number of aryl methyl sites for hydroxylation is 1. The summed E-state index contributed by atoms with van der Waals surface area (Å²) in [6.45, 7) is 2.01. The number of fused-ring (bicyclic) bond motifs is 1. The molecule has 1 heterocycles. The van der Waals surface area contributed by atoms with Crippen LogP contribution in [0.25, 0.3) is 22.1 Å². The summed E-state index contributed by atoms with van der Waals surface area (Å²) in [5, 5.41) is 11.5. The van der Waals surface area contributed by atoms with Crippen LogP contribution in [0, 0.1) is 0 Å². The summed E-state index contributed by atoms with van der Waals surface area (Å²) in [6.07, 6.45) is 2.54. The van der Waals surface area contributed by atoms with Crippen LogP contribution in [-0.2, 0) is 6.42 Å². The Hall–Kier alpha value is -2.29. The highest BCUT2D eigenvalue weighted by atomic mass is 16.4. The number of hydrogen-bond donors (Lipinski definition) is 1. The topological polar surface area (TPSA) is 46.3 Å². The van der Waals surface area contributed by atoms with Gasteiger partial charge in [-0.25, -0.2) is 4.98 Å². The van der Waals surface area contributed by atoms with Crippen molar-refractivity contribution in [2.45, 2.75) is 13.3 Å². The molecule has 3 rings (SSSR count). The largest absolute Gasteiger partial charge is 0.508 e. The van der Waals surface area contributed by atoms with Gasteiger partial charge in [0, 0.05) is 12.0 Å². The summed E-state index contributed by atoms with van der Waals surface area (Å²) in [7, 11) is 0. The van der Waals surface area contributed by atoms with Gasteiger partial charge in [-0.15, -0.1) is 0 Å². The molecule has 90 valence electrons. The van der Waals surface area contributed by atoms with Crippen molar-refractivity contribution in [1.82, 2.24) is 4.98 Å². The van der Waals surface area contributed by atoms with E-state index in [1.807, 2.05) is 31.2 Å². The number of oxazole rings is 1. The Morgan fingerprint density at radius 3 is 2.67 bits per heavy atom. The van der Waals surface area contributed by atoms with Crippen LogP contribution in [0.4, 0.5) is 0 Å². The van der Waals surface area contributed by atoms with Crippen LogP contribution in [0.1, 0.15) is 12.8 Å². The van der Waals surface area contributed by atoms with Crippen LogP contribution in [0.5, 0.6) is 5.75 Å². The number of benzene rings is 2. The predicted molar refractivity (Wildman–Crippen MR) is 70.5 cm³/mol. The molecular weight excluding hydrogens is 226 g/mol. The highest BCUT2D eigenvalue weighted by Crippen LogP contribution is 2.27. The summed E-state index contributed by atoms with van der Waals surface area (Å²) >= 11 is 0. The summed E-state index contributed by atoms with van der Waals surface area (Å²) < 4.78 is 5.63. The predicted octanol–water partition coefficient (Wildman–Crippen LogP) is 3.76. The van der Waals surface area contributed by atoms with Crippen LogP contribution < -0.4 is 0 Å². The number of aromatic nitrogens is 1. The third-order valence-corrected chi connectivity index (χ3v) is 2.96. The van der Waals surface area contributed by atoms with Gasteiger partial charge in [0.05, 0.1) is 6.20 Å². The van der Waals surface area contributed by atoms with Crippen LogP contribution in [-0.4, -0.2) is 10.1 Å². The molecule has 0 saturated heterocycles. The Balaban J connectivity index is 2.10.